The van der Waals surface area contributed by atoms with Crippen LogP contribution < -0.4 is 0 Å². The van der Waals surface area contributed by atoms with Crippen LogP contribution in [-0.2, 0) is 0 Å². The summed E-state index contributed by atoms with van der Waals surface area (Å²) in [6.45, 7) is 0. The highest BCUT2D eigenvalue weighted by Crippen LogP contribution is 2.27. The zero-order valence-corrected chi connectivity index (χ0v) is 10.6. The van der Waals surface area contributed by atoms with Gasteiger partial charge in [-0.1, -0.05) is 54.6 Å². The molecule has 0 spiro atoms. The van der Waals surface area contributed by atoms with Gasteiger partial charge in [-0.3, -0.25) is 0 Å². The molecule has 0 radical (unpaired) electrons. The van der Waals surface area contributed by atoms with Crippen molar-refractivity contribution in [2.75, 3.05) is 0 Å². The van der Waals surface area contributed by atoms with Crippen molar-refractivity contribution < 1.29 is 14.3 Å². The topological polar surface area (TPSA) is 50.4 Å². The SMILES string of the molecule is O=C(O)c1oc2ccccc2c1/C=C/c1ccccc1. The molecule has 0 aliphatic carbocycles. The molecule has 20 heavy (non-hydrogen) atoms. The van der Waals surface area contributed by atoms with E-state index in [-0.39, 0.29) is 5.76 Å². The summed E-state index contributed by atoms with van der Waals surface area (Å²) < 4.78 is 5.40. The quantitative estimate of drug-likeness (QED) is 0.767. The largest absolute Gasteiger partial charge is 0.475 e. The Morgan fingerprint density at radius 1 is 0.950 bits per heavy atom. The number of hydrogen-bond donors (Lipinski definition) is 1. The first-order valence-electron chi connectivity index (χ1n) is 6.23. The second-order valence-electron chi connectivity index (χ2n) is 4.39. The van der Waals surface area contributed by atoms with E-state index in [0.29, 0.717) is 11.1 Å². The van der Waals surface area contributed by atoms with Crippen LogP contribution in [0.5, 0.6) is 0 Å². The molecule has 3 rings (SSSR count). The average Bonchev–Trinajstić information content (AvgIpc) is 2.85. The molecule has 1 heterocycles. The summed E-state index contributed by atoms with van der Waals surface area (Å²) in [7, 11) is 0. The molecule has 0 fully saturated rings. The van der Waals surface area contributed by atoms with Crippen LogP contribution in [0.1, 0.15) is 21.7 Å². The van der Waals surface area contributed by atoms with E-state index in [1.165, 1.54) is 0 Å². The fraction of sp³-hybridized carbons (Fsp3) is 0. The van der Waals surface area contributed by atoms with E-state index in [9.17, 15) is 9.90 Å². The number of hydrogen-bond acceptors (Lipinski definition) is 2. The van der Waals surface area contributed by atoms with Crippen LogP contribution in [0.3, 0.4) is 0 Å². The van der Waals surface area contributed by atoms with E-state index in [1.54, 1.807) is 12.1 Å². The van der Waals surface area contributed by atoms with Crippen molar-refractivity contribution in [1.82, 2.24) is 0 Å². The summed E-state index contributed by atoms with van der Waals surface area (Å²) in [6, 6.07) is 17.0. The molecule has 0 saturated carbocycles. The van der Waals surface area contributed by atoms with Crippen molar-refractivity contribution >= 4 is 29.1 Å². The van der Waals surface area contributed by atoms with Gasteiger partial charge >= 0.3 is 5.97 Å². The van der Waals surface area contributed by atoms with E-state index in [0.717, 1.165) is 10.9 Å². The molecule has 1 aromatic heterocycles. The number of carboxylic acids is 1. The van der Waals surface area contributed by atoms with Crippen molar-refractivity contribution in [2.45, 2.75) is 0 Å². The molecule has 0 unspecified atom stereocenters. The normalized spacial score (nSPS) is 11.2. The summed E-state index contributed by atoms with van der Waals surface area (Å²) in [5.41, 5.74) is 2.18. The number of rotatable bonds is 3. The molecule has 2 aromatic carbocycles. The Morgan fingerprint density at radius 3 is 2.40 bits per heavy atom. The first-order valence-corrected chi connectivity index (χ1v) is 6.23. The lowest BCUT2D eigenvalue weighted by Crippen LogP contribution is -1.95. The van der Waals surface area contributed by atoms with E-state index < -0.39 is 5.97 Å². The average molecular weight is 264 g/mol. The minimum Gasteiger partial charge on any atom is -0.475 e. The number of benzene rings is 2. The molecule has 0 bridgehead atoms. The maximum absolute atomic E-state index is 11.3. The lowest BCUT2D eigenvalue weighted by atomic mass is 10.1. The maximum atomic E-state index is 11.3. The van der Waals surface area contributed by atoms with Gasteiger partial charge in [0.15, 0.2) is 0 Å². The number of aromatic carboxylic acids is 1. The molecular formula is C17H12O3. The number of furan rings is 1. The number of para-hydroxylation sites is 1. The van der Waals surface area contributed by atoms with Crippen LogP contribution in [0.15, 0.2) is 59.0 Å². The molecular weight excluding hydrogens is 252 g/mol. The highest BCUT2D eigenvalue weighted by molar-refractivity contribution is 6.01. The molecule has 3 nitrogen and oxygen atoms in total. The van der Waals surface area contributed by atoms with Gasteiger partial charge in [-0.15, -0.1) is 0 Å². The predicted octanol–water partition coefficient (Wildman–Crippen LogP) is 4.30. The summed E-state index contributed by atoms with van der Waals surface area (Å²) in [5.74, 6) is -1.09. The molecule has 1 N–H and O–H groups in total. The first-order chi connectivity index (χ1) is 9.75. The summed E-state index contributed by atoms with van der Waals surface area (Å²) in [5, 5.41) is 10.0. The molecule has 3 aromatic rings. The molecule has 0 amide bonds. The molecule has 3 heteroatoms. The standard InChI is InChI=1S/C17H12O3/c18-17(19)16-14(11-10-12-6-2-1-3-7-12)13-8-4-5-9-15(13)20-16/h1-11H,(H,18,19)/b11-10+. The van der Waals surface area contributed by atoms with Crippen molar-refractivity contribution in [3.05, 3.63) is 71.5 Å². The van der Waals surface area contributed by atoms with Gasteiger partial charge in [0, 0.05) is 10.9 Å². The van der Waals surface area contributed by atoms with E-state index >= 15 is 0 Å². The summed E-state index contributed by atoms with van der Waals surface area (Å²) in [6.07, 6.45) is 3.66. The van der Waals surface area contributed by atoms with Crippen molar-refractivity contribution in [2.24, 2.45) is 0 Å². The van der Waals surface area contributed by atoms with Crippen LogP contribution in [0, 0.1) is 0 Å². The van der Waals surface area contributed by atoms with Crippen LogP contribution in [0.2, 0.25) is 0 Å². The second kappa shape index (κ2) is 5.05. The lowest BCUT2D eigenvalue weighted by molar-refractivity contribution is 0.0664. The van der Waals surface area contributed by atoms with Crippen molar-refractivity contribution in [3.8, 4) is 0 Å². The second-order valence-corrected chi connectivity index (χ2v) is 4.39. The third-order valence-corrected chi connectivity index (χ3v) is 3.07. The Morgan fingerprint density at radius 2 is 1.65 bits per heavy atom. The number of carbonyl (C=O) groups is 1. The van der Waals surface area contributed by atoms with Gasteiger partial charge < -0.3 is 9.52 Å². The van der Waals surface area contributed by atoms with Crippen LogP contribution in [0.4, 0.5) is 0 Å². The highest BCUT2D eigenvalue weighted by atomic mass is 16.4. The van der Waals surface area contributed by atoms with E-state index in [4.69, 9.17) is 4.42 Å². The number of carboxylic acid groups (broad SMARTS) is 1. The third-order valence-electron chi connectivity index (χ3n) is 3.07. The highest BCUT2D eigenvalue weighted by Gasteiger charge is 2.17. The van der Waals surface area contributed by atoms with Gasteiger partial charge in [-0.2, -0.15) is 0 Å². The Balaban J connectivity index is 2.12. The molecule has 0 saturated heterocycles. The molecule has 0 aliphatic rings. The Labute approximate surface area is 115 Å². The zero-order chi connectivity index (χ0) is 13.9. The smallest absolute Gasteiger partial charge is 0.372 e. The predicted molar refractivity (Wildman–Crippen MR) is 78.5 cm³/mol. The third kappa shape index (κ3) is 2.21. The Hall–Kier alpha value is -2.81. The van der Waals surface area contributed by atoms with Crippen LogP contribution in [0.25, 0.3) is 23.1 Å². The van der Waals surface area contributed by atoms with E-state index in [2.05, 4.69) is 0 Å². The minimum atomic E-state index is -1.06. The minimum absolute atomic E-state index is 0.0293. The van der Waals surface area contributed by atoms with Crippen LogP contribution >= 0.6 is 0 Å². The summed E-state index contributed by atoms with van der Waals surface area (Å²) >= 11 is 0. The Kier molecular flexibility index (Phi) is 3.09. The van der Waals surface area contributed by atoms with Crippen LogP contribution in [-0.4, -0.2) is 11.1 Å². The van der Waals surface area contributed by atoms with Gasteiger partial charge in [-0.25, -0.2) is 4.79 Å². The van der Waals surface area contributed by atoms with E-state index in [1.807, 2.05) is 54.6 Å². The zero-order valence-electron chi connectivity index (χ0n) is 10.6. The van der Waals surface area contributed by atoms with Gasteiger partial charge in [0.05, 0.1) is 0 Å². The van der Waals surface area contributed by atoms with Gasteiger partial charge in [0.1, 0.15) is 5.58 Å². The van der Waals surface area contributed by atoms with Crippen molar-refractivity contribution in [3.63, 3.8) is 0 Å². The number of fused-ring (bicyclic) bond motifs is 1. The fourth-order valence-electron chi connectivity index (χ4n) is 2.13. The lowest BCUT2D eigenvalue weighted by Gasteiger charge is -1.94. The maximum Gasteiger partial charge on any atom is 0.372 e. The van der Waals surface area contributed by atoms with Gasteiger partial charge in [0.2, 0.25) is 5.76 Å². The molecule has 98 valence electrons. The summed E-state index contributed by atoms with van der Waals surface area (Å²) in [4.78, 5) is 11.3. The Bertz CT molecular complexity index is 782. The van der Waals surface area contributed by atoms with Gasteiger partial charge in [-0.05, 0) is 17.7 Å². The molecule has 0 atom stereocenters. The first kappa shape index (κ1) is 12.2. The van der Waals surface area contributed by atoms with Gasteiger partial charge in [0.25, 0.3) is 0 Å². The fourth-order valence-corrected chi connectivity index (χ4v) is 2.13. The van der Waals surface area contributed by atoms with Crippen molar-refractivity contribution in [1.29, 1.82) is 0 Å². The monoisotopic (exact) mass is 264 g/mol. The molecule has 0 aliphatic heterocycles.